The number of halogens is 3. The average Bonchev–Trinajstić information content (AvgIpc) is 2.55. The molecule has 76 valence electrons. The predicted octanol–water partition coefficient (Wildman–Crippen LogP) is 3.72. The van der Waals surface area contributed by atoms with Crippen molar-refractivity contribution < 1.29 is 17.9 Å². The van der Waals surface area contributed by atoms with Gasteiger partial charge >= 0.3 is 6.18 Å². The first-order chi connectivity index (χ1) is 6.08. The van der Waals surface area contributed by atoms with Crippen LogP contribution in [0.25, 0.3) is 0 Å². The second-order valence-electron chi connectivity index (χ2n) is 1.86. The summed E-state index contributed by atoms with van der Waals surface area (Å²) in [7, 11) is 0. The Labute approximate surface area is 79.1 Å². The summed E-state index contributed by atoms with van der Waals surface area (Å²) < 4.78 is 39.0. The summed E-state index contributed by atoms with van der Waals surface area (Å²) in [6.07, 6.45) is -4.25. The lowest BCUT2D eigenvalue weighted by Gasteiger charge is -2.06. The van der Waals surface area contributed by atoms with Crippen LogP contribution >= 0.6 is 11.3 Å². The summed E-state index contributed by atoms with van der Waals surface area (Å²) >= 11 is 1.30. The zero-order chi connectivity index (χ0) is 10.3. The van der Waals surface area contributed by atoms with E-state index in [9.17, 15) is 13.2 Å². The molecule has 0 aliphatic rings. The van der Waals surface area contributed by atoms with E-state index in [1.807, 2.05) is 13.8 Å². The van der Waals surface area contributed by atoms with Crippen LogP contribution in [0.15, 0.2) is 16.8 Å². The van der Waals surface area contributed by atoms with Crippen molar-refractivity contribution in [3.8, 4) is 5.75 Å². The molecule has 0 aromatic carbocycles. The van der Waals surface area contributed by atoms with Crippen LogP contribution in [-0.2, 0) is 0 Å². The van der Waals surface area contributed by atoms with Crippen molar-refractivity contribution >= 4 is 11.3 Å². The molecule has 0 aliphatic carbocycles. The van der Waals surface area contributed by atoms with E-state index in [0.29, 0.717) is 0 Å². The van der Waals surface area contributed by atoms with Crippen molar-refractivity contribution in [3.63, 3.8) is 0 Å². The molecule has 0 spiro atoms. The zero-order valence-electron chi connectivity index (χ0n) is 7.39. The Bertz CT molecular complexity index is 206. The normalized spacial score (nSPS) is 10.2. The van der Waals surface area contributed by atoms with Gasteiger partial charge in [-0.3, -0.25) is 0 Å². The molecule has 1 heterocycles. The van der Waals surface area contributed by atoms with Gasteiger partial charge in [-0.1, -0.05) is 13.8 Å². The molecule has 1 aromatic rings. The molecule has 13 heavy (non-hydrogen) atoms. The third-order valence-electron chi connectivity index (χ3n) is 0.898. The maximum Gasteiger partial charge on any atom is 0.422 e. The number of hydrogen-bond donors (Lipinski definition) is 0. The van der Waals surface area contributed by atoms with Crippen LogP contribution in [0.1, 0.15) is 13.8 Å². The molecule has 0 unspecified atom stereocenters. The lowest BCUT2D eigenvalue weighted by Crippen LogP contribution is -2.18. The van der Waals surface area contributed by atoms with Crippen LogP contribution in [0.4, 0.5) is 13.2 Å². The Morgan fingerprint density at radius 1 is 1.38 bits per heavy atom. The molecule has 1 nitrogen and oxygen atoms in total. The van der Waals surface area contributed by atoms with E-state index in [2.05, 4.69) is 4.74 Å². The van der Waals surface area contributed by atoms with Gasteiger partial charge in [0.1, 0.15) is 5.75 Å². The van der Waals surface area contributed by atoms with E-state index >= 15 is 0 Å². The molecule has 0 fully saturated rings. The van der Waals surface area contributed by atoms with Crippen LogP contribution in [0.5, 0.6) is 5.75 Å². The Kier molecular flexibility index (Phi) is 5.53. The molecular weight excluding hydrogens is 201 g/mol. The highest BCUT2D eigenvalue weighted by Crippen LogP contribution is 2.19. The van der Waals surface area contributed by atoms with Gasteiger partial charge < -0.3 is 4.74 Å². The van der Waals surface area contributed by atoms with Gasteiger partial charge in [-0.15, -0.1) is 11.3 Å². The van der Waals surface area contributed by atoms with Crippen molar-refractivity contribution in [1.29, 1.82) is 0 Å². The fourth-order valence-corrected chi connectivity index (χ4v) is 1.07. The Hall–Kier alpha value is -0.710. The average molecular weight is 212 g/mol. The molecule has 0 radical (unpaired) electrons. The van der Waals surface area contributed by atoms with Crippen LogP contribution < -0.4 is 4.74 Å². The van der Waals surface area contributed by atoms with E-state index < -0.39 is 12.8 Å². The number of thiophene rings is 1. The predicted molar refractivity (Wildman–Crippen MR) is 47.2 cm³/mol. The Morgan fingerprint density at radius 2 is 2.00 bits per heavy atom. The molecule has 0 N–H and O–H groups in total. The van der Waals surface area contributed by atoms with Crippen molar-refractivity contribution in [2.24, 2.45) is 0 Å². The van der Waals surface area contributed by atoms with Crippen LogP contribution in [0.2, 0.25) is 0 Å². The molecule has 0 saturated carbocycles. The van der Waals surface area contributed by atoms with Gasteiger partial charge in [-0.25, -0.2) is 0 Å². The van der Waals surface area contributed by atoms with Crippen molar-refractivity contribution in [2.45, 2.75) is 20.0 Å². The van der Waals surface area contributed by atoms with E-state index in [1.54, 1.807) is 5.38 Å². The van der Waals surface area contributed by atoms with Crippen LogP contribution in [0, 0.1) is 0 Å². The summed E-state index contributed by atoms with van der Waals surface area (Å²) in [5.74, 6) is 0.271. The van der Waals surface area contributed by atoms with Gasteiger partial charge in [0, 0.05) is 5.38 Å². The van der Waals surface area contributed by atoms with E-state index in [0.717, 1.165) is 0 Å². The van der Waals surface area contributed by atoms with E-state index in [1.165, 1.54) is 22.8 Å². The standard InChI is InChI=1S/C6H5F3OS.C2H6/c7-6(8,9)4-10-5-1-2-11-3-5;1-2/h1-3H,4H2;1-2H3. The minimum atomic E-state index is -4.25. The summed E-state index contributed by atoms with van der Waals surface area (Å²) in [4.78, 5) is 0. The number of ether oxygens (including phenoxy) is 1. The maximum absolute atomic E-state index is 11.5. The molecule has 0 bridgehead atoms. The lowest BCUT2D eigenvalue weighted by molar-refractivity contribution is -0.153. The van der Waals surface area contributed by atoms with Crippen molar-refractivity contribution in [1.82, 2.24) is 0 Å². The Balaban J connectivity index is 0.000000671. The fraction of sp³-hybridized carbons (Fsp3) is 0.500. The minimum absolute atomic E-state index is 0.271. The summed E-state index contributed by atoms with van der Waals surface area (Å²) in [6, 6.07) is 1.50. The molecule has 0 atom stereocenters. The first-order valence-corrected chi connectivity index (χ1v) is 4.74. The van der Waals surface area contributed by atoms with Gasteiger partial charge in [0.15, 0.2) is 6.61 Å². The molecular formula is C8H11F3OS. The van der Waals surface area contributed by atoms with Crippen LogP contribution in [0.3, 0.4) is 0 Å². The van der Waals surface area contributed by atoms with E-state index in [4.69, 9.17) is 0 Å². The smallest absolute Gasteiger partial charge is 0.422 e. The van der Waals surface area contributed by atoms with Crippen LogP contribution in [-0.4, -0.2) is 12.8 Å². The molecule has 0 aliphatic heterocycles. The summed E-state index contributed by atoms with van der Waals surface area (Å²) in [5, 5.41) is 3.18. The second-order valence-corrected chi connectivity index (χ2v) is 2.64. The fourth-order valence-electron chi connectivity index (χ4n) is 0.499. The highest BCUT2D eigenvalue weighted by atomic mass is 32.1. The number of rotatable bonds is 2. The third-order valence-corrected chi connectivity index (χ3v) is 1.56. The van der Waals surface area contributed by atoms with Gasteiger partial charge in [-0.2, -0.15) is 13.2 Å². The zero-order valence-corrected chi connectivity index (χ0v) is 8.21. The van der Waals surface area contributed by atoms with Crippen molar-refractivity contribution in [3.05, 3.63) is 16.8 Å². The highest BCUT2D eigenvalue weighted by molar-refractivity contribution is 7.08. The molecule has 1 rings (SSSR count). The highest BCUT2D eigenvalue weighted by Gasteiger charge is 2.28. The monoisotopic (exact) mass is 212 g/mol. The number of hydrogen-bond acceptors (Lipinski definition) is 2. The van der Waals surface area contributed by atoms with E-state index in [-0.39, 0.29) is 5.75 Å². The quantitative estimate of drug-likeness (QED) is 0.726. The van der Waals surface area contributed by atoms with Gasteiger partial charge in [0.05, 0.1) is 0 Å². The first kappa shape index (κ1) is 12.3. The lowest BCUT2D eigenvalue weighted by atomic mass is 10.6. The Morgan fingerprint density at radius 3 is 2.38 bits per heavy atom. The minimum Gasteiger partial charge on any atom is -0.483 e. The number of alkyl halides is 3. The van der Waals surface area contributed by atoms with Crippen molar-refractivity contribution in [2.75, 3.05) is 6.61 Å². The van der Waals surface area contributed by atoms with Gasteiger partial charge in [0.2, 0.25) is 0 Å². The van der Waals surface area contributed by atoms with Gasteiger partial charge in [0.25, 0.3) is 0 Å². The molecule has 0 saturated heterocycles. The second kappa shape index (κ2) is 5.85. The maximum atomic E-state index is 11.5. The van der Waals surface area contributed by atoms with Gasteiger partial charge in [-0.05, 0) is 11.4 Å². The molecule has 0 amide bonds. The first-order valence-electron chi connectivity index (χ1n) is 3.80. The molecule has 1 aromatic heterocycles. The summed E-state index contributed by atoms with van der Waals surface area (Å²) in [5.41, 5.74) is 0. The SMILES string of the molecule is CC.FC(F)(F)COc1ccsc1. The largest absolute Gasteiger partial charge is 0.483 e. The topological polar surface area (TPSA) is 9.23 Å². The molecule has 5 heteroatoms. The third kappa shape index (κ3) is 6.45. The summed E-state index contributed by atoms with van der Waals surface area (Å²) in [6.45, 7) is 2.78.